The van der Waals surface area contributed by atoms with Gasteiger partial charge in [0.05, 0.1) is 32.3 Å². The number of nitrogens with zero attached hydrogens (tertiary/aromatic N) is 1. The Hall–Kier alpha value is -2.92. The first-order chi connectivity index (χ1) is 14.8. The number of aromatic hydroxyl groups is 1. The van der Waals surface area contributed by atoms with E-state index in [4.69, 9.17) is 14.2 Å². The second-order valence-electron chi connectivity index (χ2n) is 8.48. The summed E-state index contributed by atoms with van der Waals surface area (Å²) >= 11 is 0. The Bertz CT molecular complexity index is 1150. The lowest BCUT2D eigenvalue weighted by Gasteiger charge is -2.39. The molecule has 1 N–H and O–H groups in total. The van der Waals surface area contributed by atoms with Crippen molar-refractivity contribution in [3.63, 3.8) is 0 Å². The van der Waals surface area contributed by atoms with Crippen molar-refractivity contribution in [1.29, 1.82) is 0 Å². The lowest BCUT2D eigenvalue weighted by molar-refractivity contribution is 0.175. The molecular weight excluding hydrogens is 390 g/mol. The van der Waals surface area contributed by atoms with Crippen LogP contribution in [0.3, 0.4) is 0 Å². The van der Waals surface area contributed by atoms with Crippen LogP contribution in [0.4, 0.5) is 0 Å². The summed E-state index contributed by atoms with van der Waals surface area (Å²) < 4.78 is 17.3. The van der Waals surface area contributed by atoms with E-state index in [1.807, 2.05) is 31.2 Å². The van der Waals surface area contributed by atoms with E-state index in [0.717, 1.165) is 56.7 Å². The molecule has 1 heterocycles. The SMILES string of the molecule is COc1c(-c2ccc(OC)c3c(OC)cc(C)cc23)c(O)cc2c1[C@@H](C)N(C)[C@H](C)C2. The molecule has 0 radical (unpaired) electrons. The third-order valence-electron chi connectivity index (χ3n) is 6.72. The van der Waals surface area contributed by atoms with Crippen molar-refractivity contribution in [3.8, 4) is 34.1 Å². The summed E-state index contributed by atoms with van der Waals surface area (Å²) in [4.78, 5) is 2.35. The van der Waals surface area contributed by atoms with E-state index in [0.29, 0.717) is 11.6 Å². The maximum absolute atomic E-state index is 11.2. The summed E-state index contributed by atoms with van der Waals surface area (Å²) in [6.45, 7) is 6.44. The number of phenols is 1. The number of ether oxygens (including phenoxy) is 3. The Morgan fingerprint density at radius 2 is 1.68 bits per heavy atom. The zero-order chi connectivity index (χ0) is 22.4. The zero-order valence-electron chi connectivity index (χ0n) is 19.4. The Labute approximate surface area is 184 Å². The number of likely N-dealkylation sites (N-methyl/N-ethyl adjacent to an activating group) is 1. The highest BCUT2D eigenvalue weighted by Gasteiger charge is 2.32. The molecule has 1 aliphatic heterocycles. The molecule has 3 aromatic carbocycles. The molecule has 0 aliphatic carbocycles. The summed E-state index contributed by atoms with van der Waals surface area (Å²) in [5.41, 5.74) is 4.94. The first-order valence-corrected chi connectivity index (χ1v) is 10.6. The van der Waals surface area contributed by atoms with Crippen LogP contribution in [0, 0.1) is 6.92 Å². The third-order valence-corrected chi connectivity index (χ3v) is 6.72. The molecule has 0 saturated heterocycles. The first-order valence-electron chi connectivity index (χ1n) is 10.6. The summed E-state index contributed by atoms with van der Waals surface area (Å²) in [5.74, 6) is 2.43. The minimum atomic E-state index is 0.175. The highest BCUT2D eigenvalue weighted by molar-refractivity contribution is 6.06. The van der Waals surface area contributed by atoms with Gasteiger partial charge in [-0.05, 0) is 80.6 Å². The van der Waals surface area contributed by atoms with Crippen molar-refractivity contribution >= 4 is 10.8 Å². The van der Waals surface area contributed by atoms with Gasteiger partial charge in [0.15, 0.2) is 0 Å². The van der Waals surface area contributed by atoms with Crippen molar-refractivity contribution in [1.82, 2.24) is 4.90 Å². The molecular formula is C26H31NO4. The molecule has 0 unspecified atom stereocenters. The van der Waals surface area contributed by atoms with Gasteiger partial charge >= 0.3 is 0 Å². The molecule has 5 nitrogen and oxygen atoms in total. The van der Waals surface area contributed by atoms with Gasteiger partial charge in [-0.25, -0.2) is 0 Å². The van der Waals surface area contributed by atoms with Crippen molar-refractivity contribution in [2.45, 2.75) is 39.3 Å². The van der Waals surface area contributed by atoms with E-state index in [1.165, 1.54) is 0 Å². The summed E-state index contributed by atoms with van der Waals surface area (Å²) in [6, 6.07) is 10.5. The number of aryl methyl sites for hydroxylation is 1. The van der Waals surface area contributed by atoms with Crippen LogP contribution in [0.5, 0.6) is 23.0 Å². The molecule has 3 aromatic rings. The van der Waals surface area contributed by atoms with Crippen molar-refractivity contribution in [2.75, 3.05) is 28.4 Å². The number of hydrogen-bond donors (Lipinski definition) is 1. The van der Waals surface area contributed by atoms with Crippen molar-refractivity contribution < 1.29 is 19.3 Å². The quantitative estimate of drug-likeness (QED) is 0.604. The lowest BCUT2D eigenvalue weighted by atomic mass is 9.84. The molecule has 0 bridgehead atoms. The average Bonchev–Trinajstić information content (AvgIpc) is 2.75. The molecule has 4 rings (SSSR count). The van der Waals surface area contributed by atoms with Gasteiger partial charge in [-0.3, -0.25) is 4.90 Å². The fraction of sp³-hybridized carbons (Fsp3) is 0.385. The number of methoxy groups -OCH3 is 3. The van der Waals surface area contributed by atoms with Crippen LogP contribution in [0.1, 0.15) is 36.6 Å². The van der Waals surface area contributed by atoms with E-state index in [9.17, 15) is 5.11 Å². The normalized spacial score (nSPS) is 18.7. The largest absolute Gasteiger partial charge is 0.507 e. The van der Waals surface area contributed by atoms with Crippen LogP contribution in [0.15, 0.2) is 30.3 Å². The predicted molar refractivity (Wildman–Crippen MR) is 125 cm³/mol. The predicted octanol–water partition coefficient (Wildman–Crippen LogP) is 5.48. The summed E-state index contributed by atoms with van der Waals surface area (Å²) in [5, 5.41) is 13.0. The van der Waals surface area contributed by atoms with E-state index in [-0.39, 0.29) is 11.8 Å². The molecule has 0 amide bonds. The van der Waals surface area contributed by atoms with Crippen LogP contribution in [-0.2, 0) is 6.42 Å². The number of hydrogen-bond acceptors (Lipinski definition) is 5. The molecule has 0 aromatic heterocycles. The number of benzene rings is 3. The van der Waals surface area contributed by atoms with Gasteiger partial charge < -0.3 is 19.3 Å². The zero-order valence-corrected chi connectivity index (χ0v) is 19.4. The second-order valence-corrected chi connectivity index (χ2v) is 8.48. The minimum absolute atomic E-state index is 0.175. The van der Waals surface area contributed by atoms with Crippen LogP contribution in [0.25, 0.3) is 21.9 Å². The number of fused-ring (bicyclic) bond motifs is 2. The maximum atomic E-state index is 11.2. The molecule has 31 heavy (non-hydrogen) atoms. The van der Waals surface area contributed by atoms with Crippen LogP contribution < -0.4 is 14.2 Å². The molecule has 5 heteroatoms. The minimum Gasteiger partial charge on any atom is -0.507 e. The van der Waals surface area contributed by atoms with Crippen molar-refractivity contribution in [2.24, 2.45) is 0 Å². The van der Waals surface area contributed by atoms with E-state index in [1.54, 1.807) is 21.3 Å². The highest BCUT2D eigenvalue weighted by atomic mass is 16.5. The molecule has 1 aliphatic rings. The first kappa shape index (κ1) is 21.3. The van der Waals surface area contributed by atoms with Crippen molar-refractivity contribution in [3.05, 3.63) is 47.0 Å². The van der Waals surface area contributed by atoms with Crippen LogP contribution >= 0.6 is 0 Å². The average molecular weight is 422 g/mol. The van der Waals surface area contributed by atoms with Crippen LogP contribution in [0.2, 0.25) is 0 Å². The second kappa shape index (κ2) is 7.97. The van der Waals surface area contributed by atoms with E-state index in [2.05, 4.69) is 31.9 Å². The molecule has 0 saturated carbocycles. The van der Waals surface area contributed by atoms with Crippen LogP contribution in [-0.4, -0.2) is 44.4 Å². The Morgan fingerprint density at radius 3 is 2.32 bits per heavy atom. The Morgan fingerprint density at radius 1 is 0.968 bits per heavy atom. The Balaban J connectivity index is 2.09. The molecule has 164 valence electrons. The fourth-order valence-electron chi connectivity index (χ4n) is 4.96. The lowest BCUT2D eigenvalue weighted by Crippen LogP contribution is -2.38. The monoisotopic (exact) mass is 421 g/mol. The standard InChI is InChI=1S/C26H31NO4/c1-14-10-19-18(8-9-21(29-5)25(19)22(11-14)30-6)24-20(28)13-17-12-15(2)27(4)16(3)23(17)26(24)31-7/h8-11,13,15-16,28H,12H2,1-7H3/t15-,16-/m1/s1. The topological polar surface area (TPSA) is 51.2 Å². The number of phenolic OH excluding ortho intramolecular Hbond substituents is 1. The van der Waals surface area contributed by atoms with Gasteiger partial charge in [-0.1, -0.05) is 6.07 Å². The molecule has 2 atom stereocenters. The molecule has 0 spiro atoms. The smallest absolute Gasteiger partial charge is 0.135 e. The van der Waals surface area contributed by atoms with Gasteiger partial charge in [-0.15, -0.1) is 0 Å². The van der Waals surface area contributed by atoms with Gasteiger partial charge in [0.1, 0.15) is 23.0 Å². The number of rotatable bonds is 4. The van der Waals surface area contributed by atoms with Gasteiger partial charge in [0.25, 0.3) is 0 Å². The van der Waals surface area contributed by atoms with E-state index >= 15 is 0 Å². The third kappa shape index (κ3) is 3.28. The van der Waals surface area contributed by atoms with Gasteiger partial charge in [0.2, 0.25) is 0 Å². The molecule has 0 fully saturated rings. The van der Waals surface area contributed by atoms with Gasteiger partial charge in [0, 0.05) is 17.6 Å². The maximum Gasteiger partial charge on any atom is 0.135 e. The van der Waals surface area contributed by atoms with Gasteiger partial charge in [-0.2, -0.15) is 0 Å². The summed E-state index contributed by atoms with van der Waals surface area (Å²) in [7, 11) is 7.14. The summed E-state index contributed by atoms with van der Waals surface area (Å²) in [6.07, 6.45) is 0.872. The van der Waals surface area contributed by atoms with E-state index < -0.39 is 0 Å². The Kier molecular flexibility index (Phi) is 5.48. The fourth-order valence-corrected chi connectivity index (χ4v) is 4.96. The highest BCUT2D eigenvalue weighted by Crippen LogP contribution is 2.51.